The lowest BCUT2D eigenvalue weighted by Crippen LogP contribution is -2.10. The number of benzene rings is 2. The van der Waals surface area contributed by atoms with E-state index in [2.05, 4.69) is 54.0 Å². The number of rotatable bonds is 9. The maximum absolute atomic E-state index is 5.66. The van der Waals surface area contributed by atoms with E-state index in [1.807, 2.05) is 36.4 Å². The zero-order valence-corrected chi connectivity index (χ0v) is 18.0. The van der Waals surface area contributed by atoms with Crippen LogP contribution in [0.2, 0.25) is 0 Å². The van der Waals surface area contributed by atoms with Crippen molar-refractivity contribution in [2.75, 3.05) is 26.6 Å². The molecule has 1 atom stereocenters. The summed E-state index contributed by atoms with van der Waals surface area (Å²) in [5.41, 5.74) is 1.99. The molecule has 0 N–H and O–H groups in total. The van der Waals surface area contributed by atoms with Crippen LogP contribution in [0.5, 0.6) is 0 Å². The van der Waals surface area contributed by atoms with Gasteiger partial charge in [0.05, 0.1) is 5.75 Å². The Morgan fingerprint density at radius 3 is 2.38 bits per heavy atom. The molecule has 0 aliphatic rings. The molecule has 150 valence electrons. The average Bonchev–Trinajstić information content (AvgIpc) is 2.77. The number of methoxy groups -OCH3 is 2. The fourth-order valence-corrected chi connectivity index (χ4v) is 3.24. The Morgan fingerprint density at radius 1 is 0.966 bits per heavy atom. The average molecular weight is 405 g/mol. The van der Waals surface area contributed by atoms with Gasteiger partial charge in [0.25, 0.3) is 0 Å². The molecule has 0 spiro atoms. The smallest absolute Gasteiger partial charge is 0.150 e. The molecule has 29 heavy (non-hydrogen) atoms. The van der Waals surface area contributed by atoms with E-state index < -0.39 is 0 Å². The third-order valence-electron chi connectivity index (χ3n) is 4.06. The van der Waals surface area contributed by atoms with E-state index in [9.17, 15) is 0 Å². The molecule has 2 rings (SSSR count). The van der Waals surface area contributed by atoms with Crippen molar-refractivity contribution in [2.24, 2.45) is 0 Å². The van der Waals surface area contributed by atoms with Crippen LogP contribution in [-0.4, -0.2) is 32.7 Å². The van der Waals surface area contributed by atoms with Crippen LogP contribution in [0.15, 0.2) is 71.1 Å². The minimum absolute atomic E-state index is 0.335. The highest BCUT2D eigenvalue weighted by Crippen LogP contribution is 2.16. The number of hydrogen-bond donors (Lipinski definition) is 0. The molecule has 3 heteroatoms. The largest absolute Gasteiger partial charge is 0.385 e. The first kappa shape index (κ1) is 22.9. The van der Waals surface area contributed by atoms with Crippen LogP contribution in [0.3, 0.4) is 0 Å². The quantitative estimate of drug-likeness (QED) is 0.303. The first-order valence-corrected chi connectivity index (χ1v) is 10.8. The van der Waals surface area contributed by atoms with E-state index in [4.69, 9.17) is 9.47 Å². The number of ether oxygens (including phenoxy) is 2. The van der Waals surface area contributed by atoms with Crippen molar-refractivity contribution in [3.63, 3.8) is 0 Å². The van der Waals surface area contributed by atoms with Gasteiger partial charge in [-0.3, -0.25) is 0 Å². The van der Waals surface area contributed by atoms with Gasteiger partial charge in [0, 0.05) is 37.7 Å². The molecule has 2 aromatic rings. The van der Waals surface area contributed by atoms with Crippen molar-refractivity contribution in [3.8, 4) is 23.7 Å². The Bertz CT molecular complexity index is 852. The highest BCUT2D eigenvalue weighted by atomic mass is 32.2. The Hall–Kier alpha value is -2.43. The maximum Gasteiger partial charge on any atom is 0.150 e. The molecule has 2 nitrogen and oxygen atoms in total. The van der Waals surface area contributed by atoms with E-state index in [0.717, 1.165) is 37.0 Å². The second-order valence-electron chi connectivity index (χ2n) is 6.30. The van der Waals surface area contributed by atoms with Crippen LogP contribution < -0.4 is 0 Å². The molecule has 0 radical (unpaired) electrons. The molecule has 0 aliphatic carbocycles. The minimum Gasteiger partial charge on any atom is -0.385 e. The minimum atomic E-state index is -0.335. The van der Waals surface area contributed by atoms with Gasteiger partial charge in [0.15, 0.2) is 6.10 Å². The molecular formula is C26H28O2S. The number of thioether (sulfide) groups is 1. The van der Waals surface area contributed by atoms with Crippen LogP contribution in [0.25, 0.3) is 6.08 Å². The Kier molecular flexibility index (Phi) is 11.5. The van der Waals surface area contributed by atoms with Gasteiger partial charge in [-0.1, -0.05) is 72.2 Å². The molecule has 0 saturated carbocycles. The summed E-state index contributed by atoms with van der Waals surface area (Å²) in [4.78, 5) is 1.21. The Labute approximate surface area is 179 Å². The van der Waals surface area contributed by atoms with Crippen molar-refractivity contribution in [1.29, 1.82) is 0 Å². The van der Waals surface area contributed by atoms with Gasteiger partial charge in [-0.15, -0.1) is 11.8 Å². The molecule has 2 aromatic carbocycles. The van der Waals surface area contributed by atoms with Crippen molar-refractivity contribution < 1.29 is 9.47 Å². The molecule has 1 unspecified atom stereocenters. The standard InChI is InChI=1S/C26H28O2S/c1-27-20-12-4-3-9-16-24(22-23-14-7-5-8-15-23)26(28-2)19-13-21-29-25-17-10-6-11-18-25/h5-8,10-11,14-15,17-18,22,26H,3-4,12,20-21H2,1-2H3/b24-22+. The van der Waals surface area contributed by atoms with Crippen LogP contribution in [-0.2, 0) is 9.47 Å². The summed E-state index contributed by atoms with van der Waals surface area (Å²) in [6, 6.07) is 20.5. The van der Waals surface area contributed by atoms with Crippen LogP contribution in [0.1, 0.15) is 24.8 Å². The maximum atomic E-state index is 5.66. The van der Waals surface area contributed by atoms with E-state index in [-0.39, 0.29) is 6.10 Å². The summed E-state index contributed by atoms with van der Waals surface area (Å²) >= 11 is 1.72. The first-order chi connectivity index (χ1) is 14.3. The SMILES string of the molecule is COCCCCC#C/C(=C\c1ccccc1)C(C#CCSc1ccccc1)OC. The summed E-state index contributed by atoms with van der Waals surface area (Å²) in [7, 11) is 3.41. The van der Waals surface area contributed by atoms with Gasteiger partial charge in [-0.2, -0.15) is 0 Å². The van der Waals surface area contributed by atoms with E-state index in [0.29, 0.717) is 5.75 Å². The van der Waals surface area contributed by atoms with Crippen LogP contribution >= 0.6 is 11.8 Å². The van der Waals surface area contributed by atoms with E-state index in [1.165, 1.54) is 4.90 Å². The first-order valence-electron chi connectivity index (χ1n) is 9.77. The zero-order chi connectivity index (χ0) is 20.6. The number of hydrogen-bond acceptors (Lipinski definition) is 3. The van der Waals surface area contributed by atoms with Gasteiger partial charge >= 0.3 is 0 Å². The van der Waals surface area contributed by atoms with Crippen LogP contribution in [0, 0.1) is 23.7 Å². The molecule has 0 fully saturated rings. The molecule has 0 saturated heterocycles. The highest BCUT2D eigenvalue weighted by Gasteiger charge is 2.08. The second kappa shape index (κ2) is 14.6. The van der Waals surface area contributed by atoms with Gasteiger partial charge in [0.1, 0.15) is 0 Å². The lowest BCUT2D eigenvalue weighted by Gasteiger charge is -2.09. The summed E-state index contributed by atoms with van der Waals surface area (Å²) in [5.74, 6) is 13.7. The summed E-state index contributed by atoms with van der Waals surface area (Å²) in [6.07, 6.45) is 4.61. The number of unbranched alkanes of at least 4 members (excludes halogenated alkanes) is 2. The Morgan fingerprint density at radius 2 is 1.69 bits per heavy atom. The fraction of sp³-hybridized carbons (Fsp3) is 0.308. The van der Waals surface area contributed by atoms with Crippen molar-refractivity contribution >= 4 is 17.8 Å². The second-order valence-corrected chi connectivity index (χ2v) is 7.35. The molecule has 0 aromatic heterocycles. The van der Waals surface area contributed by atoms with Gasteiger partial charge in [-0.25, -0.2) is 0 Å². The third-order valence-corrected chi connectivity index (χ3v) is 4.95. The van der Waals surface area contributed by atoms with Crippen molar-refractivity contribution in [1.82, 2.24) is 0 Å². The van der Waals surface area contributed by atoms with Crippen molar-refractivity contribution in [3.05, 3.63) is 71.8 Å². The van der Waals surface area contributed by atoms with E-state index >= 15 is 0 Å². The summed E-state index contributed by atoms with van der Waals surface area (Å²) < 4.78 is 10.8. The predicted octanol–water partition coefficient (Wildman–Crippen LogP) is 5.70. The monoisotopic (exact) mass is 404 g/mol. The summed E-state index contributed by atoms with van der Waals surface area (Å²) in [6.45, 7) is 0.777. The van der Waals surface area contributed by atoms with E-state index in [1.54, 1.807) is 26.0 Å². The Balaban J connectivity index is 2.07. The molecular weight excluding hydrogens is 376 g/mol. The highest BCUT2D eigenvalue weighted by molar-refractivity contribution is 7.99. The van der Waals surface area contributed by atoms with Gasteiger partial charge in [0.2, 0.25) is 0 Å². The molecule has 0 amide bonds. The lowest BCUT2D eigenvalue weighted by molar-refractivity contribution is 0.180. The normalized spacial score (nSPS) is 11.7. The molecule has 0 heterocycles. The van der Waals surface area contributed by atoms with Crippen LogP contribution in [0.4, 0.5) is 0 Å². The predicted molar refractivity (Wildman–Crippen MR) is 124 cm³/mol. The molecule has 0 aliphatic heterocycles. The fourth-order valence-electron chi connectivity index (χ4n) is 2.56. The topological polar surface area (TPSA) is 18.5 Å². The van der Waals surface area contributed by atoms with Gasteiger partial charge < -0.3 is 9.47 Å². The lowest BCUT2D eigenvalue weighted by atomic mass is 10.1. The van der Waals surface area contributed by atoms with Gasteiger partial charge in [-0.05, 0) is 36.6 Å². The zero-order valence-electron chi connectivity index (χ0n) is 17.2. The summed E-state index contributed by atoms with van der Waals surface area (Å²) in [5, 5.41) is 0. The molecule has 0 bridgehead atoms. The van der Waals surface area contributed by atoms with Crippen molar-refractivity contribution in [2.45, 2.75) is 30.3 Å². The third kappa shape index (κ3) is 9.55.